The molecule has 0 aromatic heterocycles. The molecule has 0 bridgehead atoms. The Bertz CT molecular complexity index is 608. The third-order valence-electron chi connectivity index (χ3n) is 2.88. The molecule has 2 N–H and O–H groups in total. The molecule has 1 aromatic carbocycles. The molecule has 1 aliphatic heterocycles. The lowest BCUT2D eigenvalue weighted by Crippen LogP contribution is -2.37. The second-order valence-corrected chi connectivity index (χ2v) is 6.26. The monoisotopic (exact) mass is 300 g/mol. The Kier molecular flexibility index (Phi) is 4.15. The first-order valence-corrected chi connectivity index (χ1v) is 7.94. The highest BCUT2D eigenvalue weighted by Crippen LogP contribution is 2.25. The predicted octanol–water partition coefficient (Wildman–Crippen LogP) is 0.593. The van der Waals surface area contributed by atoms with E-state index in [1.165, 1.54) is 6.07 Å². The third-order valence-corrected chi connectivity index (χ3v) is 3.49. The van der Waals surface area contributed by atoms with E-state index in [-0.39, 0.29) is 11.3 Å². The largest absolute Gasteiger partial charge is 0.478 e. The van der Waals surface area contributed by atoms with Gasteiger partial charge in [-0.3, -0.25) is 4.72 Å². The van der Waals surface area contributed by atoms with Crippen molar-refractivity contribution in [2.45, 2.75) is 0 Å². The van der Waals surface area contributed by atoms with Gasteiger partial charge in [-0.1, -0.05) is 0 Å². The van der Waals surface area contributed by atoms with Crippen molar-refractivity contribution in [3.8, 4) is 0 Å². The van der Waals surface area contributed by atoms with Crippen molar-refractivity contribution in [1.82, 2.24) is 0 Å². The number of aromatic carboxylic acids is 1. The summed E-state index contributed by atoms with van der Waals surface area (Å²) in [4.78, 5) is 13.3. The van der Waals surface area contributed by atoms with Crippen LogP contribution in [0, 0.1) is 0 Å². The third kappa shape index (κ3) is 3.61. The summed E-state index contributed by atoms with van der Waals surface area (Å²) in [6.07, 6.45) is 1.02. The summed E-state index contributed by atoms with van der Waals surface area (Å²) in [6.45, 7) is 2.31. The molecule has 1 fully saturated rings. The van der Waals surface area contributed by atoms with Crippen molar-refractivity contribution in [2.24, 2.45) is 0 Å². The number of hydrogen-bond acceptors (Lipinski definition) is 5. The molecule has 1 saturated heterocycles. The summed E-state index contributed by atoms with van der Waals surface area (Å²) in [5, 5.41) is 9.28. The smallest absolute Gasteiger partial charge is 0.337 e. The van der Waals surface area contributed by atoms with Crippen LogP contribution in [-0.4, -0.2) is 52.1 Å². The van der Waals surface area contributed by atoms with Crippen molar-refractivity contribution in [2.75, 3.05) is 42.2 Å². The van der Waals surface area contributed by atoms with Crippen LogP contribution in [0.3, 0.4) is 0 Å². The van der Waals surface area contributed by atoms with E-state index in [1.807, 2.05) is 4.90 Å². The highest BCUT2D eigenvalue weighted by Gasteiger charge is 2.19. The van der Waals surface area contributed by atoms with E-state index < -0.39 is 16.0 Å². The van der Waals surface area contributed by atoms with Gasteiger partial charge in [0.1, 0.15) is 0 Å². The molecule has 0 saturated carbocycles. The van der Waals surface area contributed by atoms with Gasteiger partial charge in [-0.05, 0) is 18.2 Å². The van der Waals surface area contributed by atoms with Crippen molar-refractivity contribution in [3.05, 3.63) is 23.8 Å². The lowest BCUT2D eigenvalue weighted by Gasteiger charge is -2.30. The lowest BCUT2D eigenvalue weighted by atomic mass is 10.1. The second-order valence-electron chi connectivity index (χ2n) is 4.51. The van der Waals surface area contributed by atoms with Gasteiger partial charge < -0.3 is 14.7 Å². The fraction of sp³-hybridized carbons (Fsp3) is 0.417. The average Bonchev–Trinajstić information content (AvgIpc) is 2.37. The standard InChI is InChI=1S/C12H16N2O5S/c1-20(17,18)13-9-2-3-11(10(8-9)12(15)16)14-4-6-19-7-5-14/h2-3,8,13H,4-7H2,1H3,(H,15,16). The van der Waals surface area contributed by atoms with E-state index in [2.05, 4.69) is 4.72 Å². The number of nitrogens with one attached hydrogen (secondary N) is 1. The van der Waals surface area contributed by atoms with Gasteiger partial charge in [-0.15, -0.1) is 0 Å². The second kappa shape index (κ2) is 5.68. The molecule has 20 heavy (non-hydrogen) atoms. The molecular formula is C12H16N2O5S. The van der Waals surface area contributed by atoms with E-state index in [1.54, 1.807) is 12.1 Å². The maximum Gasteiger partial charge on any atom is 0.337 e. The summed E-state index contributed by atoms with van der Waals surface area (Å²) in [5.74, 6) is -1.09. The fourth-order valence-electron chi connectivity index (χ4n) is 2.06. The molecule has 0 spiro atoms. The van der Waals surface area contributed by atoms with Crippen molar-refractivity contribution < 1.29 is 23.1 Å². The minimum absolute atomic E-state index is 0.0700. The Labute approximate surface area is 117 Å². The first-order valence-electron chi connectivity index (χ1n) is 6.04. The number of ether oxygens (including phenoxy) is 1. The van der Waals surface area contributed by atoms with Gasteiger partial charge in [0.15, 0.2) is 0 Å². The average molecular weight is 300 g/mol. The Morgan fingerprint density at radius 1 is 1.35 bits per heavy atom. The maximum atomic E-state index is 11.3. The number of rotatable bonds is 4. The molecule has 0 atom stereocenters. The highest BCUT2D eigenvalue weighted by molar-refractivity contribution is 7.92. The van der Waals surface area contributed by atoms with Gasteiger partial charge in [0.25, 0.3) is 0 Å². The van der Waals surface area contributed by atoms with Crippen LogP contribution < -0.4 is 9.62 Å². The van der Waals surface area contributed by atoms with Crippen LogP contribution in [0.2, 0.25) is 0 Å². The number of benzene rings is 1. The molecule has 0 amide bonds. The Balaban J connectivity index is 2.35. The summed E-state index contributed by atoms with van der Waals surface area (Å²) in [7, 11) is -3.43. The molecule has 0 unspecified atom stereocenters. The van der Waals surface area contributed by atoms with Gasteiger partial charge in [-0.25, -0.2) is 13.2 Å². The van der Waals surface area contributed by atoms with Crippen LogP contribution in [0.15, 0.2) is 18.2 Å². The van der Waals surface area contributed by atoms with Crippen molar-refractivity contribution in [3.63, 3.8) is 0 Å². The molecule has 7 nitrogen and oxygen atoms in total. The van der Waals surface area contributed by atoms with Crippen LogP contribution in [-0.2, 0) is 14.8 Å². The molecule has 8 heteroatoms. The Morgan fingerprint density at radius 3 is 2.55 bits per heavy atom. The SMILES string of the molecule is CS(=O)(=O)Nc1ccc(N2CCOCC2)c(C(=O)O)c1. The number of hydrogen-bond donors (Lipinski definition) is 2. The van der Waals surface area contributed by atoms with Gasteiger partial charge >= 0.3 is 5.97 Å². The zero-order chi connectivity index (χ0) is 14.8. The van der Waals surface area contributed by atoms with E-state index in [0.717, 1.165) is 6.26 Å². The molecule has 1 heterocycles. The highest BCUT2D eigenvalue weighted by atomic mass is 32.2. The number of anilines is 2. The van der Waals surface area contributed by atoms with Crippen LogP contribution in [0.1, 0.15) is 10.4 Å². The topological polar surface area (TPSA) is 95.9 Å². The van der Waals surface area contributed by atoms with Gasteiger partial charge in [0, 0.05) is 18.8 Å². The van der Waals surface area contributed by atoms with E-state index in [9.17, 15) is 18.3 Å². The first-order chi connectivity index (χ1) is 9.37. The number of nitrogens with zero attached hydrogens (tertiary/aromatic N) is 1. The summed E-state index contributed by atoms with van der Waals surface area (Å²) in [5.41, 5.74) is 0.877. The van der Waals surface area contributed by atoms with Crippen LogP contribution in [0.5, 0.6) is 0 Å². The van der Waals surface area contributed by atoms with Crippen molar-refractivity contribution in [1.29, 1.82) is 0 Å². The number of morpholine rings is 1. The minimum Gasteiger partial charge on any atom is -0.478 e. The Morgan fingerprint density at radius 2 is 2.00 bits per heavy atom. The van der Waals surface area contributed by atoms with Crippen LogP contribution in [0.25, 0.3) is 0 Å². The fourth-order valence-corrected chi connectivity index (χ4v) is 2.62. The molecule has 1 aromatic rings. The van der Waals surface area contributed by atoms with Gasteiger partial charge in [-0.2, -0.15) is 0 Å². The number of carboxylic acid groups (broad SMARTS) is 1. The van der Waals surface area contributed by atoms with Crippen LogP contribution in [0.4, 0.5) is 11.4 Å². The van der Waals surface area contributed by atoms with Crippen molar-refractivity contribution >= 4 is 27.4 Å². The molecular weight excluding hydrogens is 284 g/mol. The molecule has 2 rings (SSSR count). The minimum atomic E-state index is -3.43. The summed E-state index contributed by atoms with van der Waals surface area (Å²) in [6, 6.07) is 4.49. The summed E-state index contributed by atoms with van der Waals surface area (Å²) < 4.78 is 29.9. The van der Waals surface area contributed by atoms with E-state index in [4.69, 9.17) is 4.74 Å². The molecule has 0 aliphatic carbocycles. The molecule has 0 radical (unpaired) electrons. The summed E-state index contributed by atoms with van der Waals surface area (Å²) >= 11 is 0. The van der Waals surface area contributed by atoms with E-state index in [0.29, 0.717) is 32.0 Å². The van der Waals surface area contributed by atoms with E-state index >= 15 is 0 Å². The van der Waals surface area contributed by atoms with Gasteiger partial charge in [0.05, 0.1) is 30.7 Å². The zero-order valence-corrected chi connectivity index (χ0v) is 11.8. The Hall–Kier alpha value is -1.80. The zero-order valence-electron chi connectivity index (χ0n) is 11.0. The van der Waals surface area contributed by atoms with Gasteiger partial charge in [0.2, 0.25) is 10.0 Å². The van der Waals surface area contributed by atoms with Crippen LogP contribution >= 0.6 is 0 Å². The molecule has 1 aliphatic rings. The normalized spacial score (nSPS) is 15.9. The maximum absolute atomic E-state index is 11.3. The quantitative estimate of drug-likeness (QED) is 0.845. The number of carbonyl (C=O) groups is 1. The predicted molar refractivity (Wildman–Crippen MR) is 74.9 cm³/mol. The lowest BCUT2D eigenvalue weighted by molar-refractivity contribution is 0.0696. The number of carboxylic acids is 1. The first kappa shape index (κ1) is 14.6. The number of sulfonamides is 1. The molecule has 110 valence electrons.